The van der Waals surface area contributed by atoms with Gasteiger partial charge >= 0.3 is 17.8 Å². The average molecular weight is 487 g/mol. The predicted octanol–water partition coefficient (Wildman–Crippen LogP) is 0.890. The molecule has 1 aromatic rings. The molecule has 0 atom stereocenters. The Kier molecular flexibility index (Phi) is 7.49. The first kappa shape index (κ1) is 24.1. The zero-order chi connectivity index (χ0) is 23.5. The zero-order valence-electron chi connectivity index (χ0n) is 17.4. The maximum absolute atomic E-state index is 12.9. The minimum absolute atomic E-state index is 0.0171. The molecule has 174 valence electrons. The maximum Gasteiger partial charge on any atom is 0.334 e. The van der Waals surface area contributed by atoms with Crippen molar-refractivity contribution in [3.8, 4) is 0 Å². The molecule has 0 aliphatic carbocycles. The molecule has 13 heteroatoms. The molecule has 5 amide bonds. The number of carbonyl (C=O) groups excluding carboxylic acids is 4. The monoisotopic (exact) mass is 486 g/mol. The van der Waals surface area contributed by atoms with Crippen LogP contribution in [0.3, 0.4) is 0 Å². The second kappa shape index (κ2) is 9.94. The van der Waals surface area contributed by atoms with Crippen LogP contribution in [0.1, 0.15) is 19.8 Å². The third-order valence-electron chi connectivity index (χ3n) is 4.97. The van der Waals surface area contributed by atoms with E-state index in [1.165, 1.54) is 22.5 Å². The van der Waals surface area contributed by atoms with E-state index in [-0.39, 0.29) is 48.5 Å². The van der Waals surface area contributed by atoms with E-state index in [1.54, 1.807) is 0 Å². The first-order valence-electron chi connectivity index (χ1n) is 10.0. The summed E-state index contributed by atoms with van der Waals surface area (Å²) in [5, 5.41) is 2.43. The van der Waals surface area contributed by atoms with Gasteiger partial charge in [0.2, 0.25) is 15.9 Å². The Morgan fingerprint density at radius 1 is 1.12 bits per heavy atom. The fourth-order valence-electron chi connectivity index (χ4n) is 3.25. The highest BCUT2D eigenvalue weighted by Crippen LogP contribution is 2.28. The third-order valence-corrected chi connectivity index (χ3v) is 7.36. The second-order valence-electron chi connectivity index (χ2n) is 7.19. The summed E-state index contributed by atoms with van der Waals surface area (Å²) >= 11 is 6.10. The lowest BCUT2D eigenvalue weighted by molar-refractivity contribution is -0.143. The predicted molar refractivity (Wildman–Crippen MR) is 113 cm³/mol. The van der Waals surface area contributed by atoms with E-state index in [2.05, 4.69) is 5.32 Å². The molecule has 0 spiro atoms. The topological polar surface area (TPSA) is 133 Å². The average Bonchev–Trinajstić information content (AvgIpc) is 2.97. The number of halogens is 1. The Morgan fingerprint density at radius 3 is 2.44 bits per heavy atom. The summed E-state index contributed by atoms with van der Waals surface area (Å²) in [5.41, 5.74) is 0.111. The fraction of sp³-hybridized carbons (Fsp3) is 0.474. The summed E-state index contributed by atoms with van der Waals surface area (Å²) in [6, 6.07) is 3.07. The zero-order valence-corrected chi connectivity index (χ0v) is 18.9. The number of ether oxygens (including phenoxy) is 1. The molecule has 2 aliphatic heterocycles. The molecular weight excluding hydrogens is 464 g/mol. The van der Waals surface area contributed by atoms with Gasteiger partial charge in [-0.3, -0.25) is 19.3 Å². The Bertz CT molecular complexity index is 1040. The summed E-state index contributed by atoms with van der Waals surface area (Å²) in [5.74, 6) is -2.82. The third kappa shape index (κ3) is 4.93. The van der Waals surface area contributed by atoms with Crippen LogP contribution in [-0.4, -0.2) is 85.7 Å². The number of rotatable bonds is 8. The minimum atomic E-state index is -3.91. The van der Waals surface area contributed by atoms with Crippen LogP contribution in [0.2, 0.25) is 5.02 Å². The van der Waals surface area contributed by atoms with Gasteiger partial charge in [0.05, 0.1) is 18.2 Å². The summed E-state index contributed by atoms with van der Waals surface area (Å²) in [6.07, 6.45) is 1.26. The molecule has 2 fully saturated rings. The number of anilines is 1. The minimum Gasteiger partial charge on any atom is -0.379 e. The summed E-state index contributed by atoms with van der Waals surface area (Å²) in [4.78, 5) is 50.1. The van der Waals surface area contributed by atoms with Crippen LogP contribution in [0.5, 0.6) is 0 Å². The van der Waals surface area contributed by atoms with Crippen LogP contribution in [0, 0.1) is 0 Å². The molecule has 11 nitrogen and oxygen atoms in total. The van der Waals surface area contributed by atoms with Gasteiger partial charge in [0.15, 0.2) is 0 Å². The molecule has 1 aromatic carbocycles. The Morgan fingerprint density at radius 2 is 1.78 bits per heavy atom. The molecule has 0 aromatic heterocycles. The molecule has 0 bridgehead atoms. The van der Waals surface area contributed by atoms with Crippen LogP contribution in [0.15, 0.2) is 23.1 Å². The second-order valence-corrected chi connectivity index (χ2v) is 9.51. The molecule has 2 aliphatic rings. The number of imide groups is 2. The summed E-state index contributed by atoms with van der Waals surface area (Å²) < 4.78 is 32.2. The van der Waals surface area contributed by atoms with E-state index < -0.39 is 40.3 Å². The number of nitrogens with one attached hydrogen (secondary N) is 1. The van der Waals surface area contributed by atoms with Crippen LogP contribution < -0.4 is 5.32 Å². The molecule has 1 N–H and O–H groups in total. The van der Waals surface area contributed by atoms with E-state index >= 15 is 0 Å². The Balaban J connectivity index is 1.72. The van der Waals surface area contributed by atoms with E-state index in [4.69, 9.17) is 16.3 Å². The van der Waals surface area contributed by atoms with Gasteiger partial charge in [0.1, 0.15) is 11.4 Å². The number of carbonyl (C=O) groups is 4. The number of hydrogen-bond donors (Lipinski definition) is 1. The van der Waals surface area contributed by atoms with Gasteiger partial charge in [0.25, 0.3) is 0 Å². The molecule has 32 heavy (non-hydrogen) atoms. The maximum atomic E-state index is 12.9. The van der Waals surface area contributed by atoms with Crippen molar-refractivity contribution >= 4 is 51.1 Å². The number of benzene rings is 1. The molecule has 2 saturated heterocycles. The van der Waals surface area contributed by atoms with Crippen molar-refractivity contribution in [3.63, 3.8) is 0 Å². The number of amides is 5. The smallest absolute Gasteiger partial charge is 0.334 e. The van der Waals surface area contributed by atoms with E-state index in [9.17, 15) is 27.6 Å². The van der Waals surface area contributed by atoms with Crippen LogP contribution in [0.25, 0.3) is 0 Å². The van der Waals surface area contributed by atoms with Gasteiger partial charge in [-0.1, -0.05) is 24.9 Å². The number of nitrogens with zero attached hydrogens (tertiary/aromatic N) is 3. The van der Waals surface area contributed by atoms with E-state index in [0.29, 0.717) is 11.3 Å². The van der Waals surface area contributed by atoms with Gasteiger partial charge in [-0.2, -0.15) is 4.31 Å². The van der Waals surface area contributed by atoms with Crippen molar-refractivity contribution in [2.45, 2.75) is 24.7 Å². The van der Waals surface area contributed by atoms with Gasteiger partial charge in [-0.15, -0.1) is 0 Å². The number of hydrogen-bond acceptors (Lipinski definition) is 7. The van der Waals surface area contributed by atoms with Crippen LogP contribution in [-0.2, 0) is 29.1 Å². The lowest BCUT2D eigenvalue weighted by Gasteiger charge is -2.26. The highest BCUT2D eigenvalue weighted by atomic mass is 35.5. The molecule has 0 radical (unpaired) electrons. The number of unbranched alkanes of at least 4 members (excludes halogenated alkanes) is 1. The molecule has 2 heterocycles. The quantitative estimate of drug-likeness (QED) is 0.426. The van der Waals surface area contributed by atoms with Gasteiger partial charge in [-0.25, -0.2) is 18.1 Å². The molecule has 0 unspecified atom stereocenters. The largest absolute Gasteiger partial charge is 0.379 e. The first-order valence-corrected chi connectivity index (χ1v) is 11.8. The lowest BCUT2D eigenvalue weighted by Crippen LogP contribution is -2.40. The van der Waals surface area contributed by atoms with Crippen molar-refractivity contribution in [2.75, 3.05) is 44.7 Å². The first-order chi connectivity index (χ1) is 15.2. The Labute approximate surface area is 190 Å². The standard InChI is InChI=1S/C19H23ClN4O7S/c1-2-3-6-23-17(26)18(27)24(19(23)28)12-16(25)21-13-4-5-14(20)15(11-13)32(29,30)22-7-9-31-10-8-22/h4-5,11H,2-3,6-10,12H2,1H3,(H,21,25). The fourth-order valence-corrected chi connectivity index (χ4v) is 5.16. The van der Waals surface area contributed by atoms with Crippen molar-refractivity contribution in [1.29, 1.82) is 0 Å². The summed E-state index contributed by atoms with van der Waals surface area (Å²) in [7, 11) is -3.91. The normalized spacial score (nSPS) is 17.9. The van der Waals surface area contributed by atoms with Crippen LogP contribution >= 0.6 is 11.6 Å². The van der Waals surface area contributed by atoms with Crippen LogP contribution in [0.4, 0.5) is 10.5 Å². The number of sulfonamides is 1. The lowest BCUT2D eigenvalue weighted by atomic mass is 10.3. The number of urea groups is 1. The highest BCUT2D eigenvalue weighted by Gasteiger charge is 2.44. The summed E-state index contributed by atoms with van der Waals surface area (Å²) in [6.45, 7) is 2.17. The van der Waals surface area contributed by atoms with Gasteiger partial charge in [0, 0.05) is 25.3 Å². The van der Waals surface area contributed by atoms with Gasteiger partial charge in [-0.05, 0) is 24.6 Å². The van der Waals surface area contributed by atoms with E-state index in [1.807, 2.05) is 6.92 Å². The highest BCUT2D eigenvalue weighted by molar-refractivity contribution is 7.89. The van der Waals surface area contributed by atoms with Gasteiger partial charge < -0.3 is 10.1 Å². The molecular formula is C19H23ClN4O7S. The molecule has 0 saturated carbocycles. The Hall–Kier alpha value is -2.54. The molecule has 3 rings (SSSR count). The number of morpholine rings is 1. The van der Waals surface area contributed by atoms with Crippen molar-refractivity contribution in [2.24, 2.45) is 0 Å². The van der Waals surface area contributed by atoms with Crippen molar-refractivity contribution < 1.29 is 32.3 Å². The van der Waals surface area contributed by atoms with E-state index in [0.717, 1.165) is 11.3 Å². The van der Waals surface area contributed by atoms with Crippen molar-refractivity contribution in [3.05, 3.63) is 23.2 Å². The SMILES string of the molecule is CCCCN1C(=O)C(=O)N(CC(=O)Nc2ccc(Cl)c(S(=O)(=O)N3CCOCC3)c2)C1=O. The van der Waals surface area contributed by atoms with Crippen molar-refractivity contribution in [1.82, 2.24) is 14.1 Å².